The Labute approximate surface area is 87.0 Å². The van der Waals surface area contributed by atoms with E-state index in [4.69, 9.17) is 29.3 Å². The van der Waals surface area contributed by atoms with Crippen LogP contribution in [0.5, 0.6) is 0 Å². The number of aliphatic imine (C=N–C) groups is 1. The van der Waals surface area contributed by atoms with Crippen LogP contribution in [0.2, 0.25) is 0 Å². The number of nitrogens with two attached hydrogens (primary N) is 1. The molecule has 0 unspecified atom stereocenters. The van der Waals surface area contributed by atoms with Crippen LogP contribution in [0, 0.1) is 0 Å². The van der Waals surface area contributed by atoms with Crippen LogP contribution in [0.25, 0.3) is 0 Å². The molecule has 0 saturated heterocycles. The molecule has 0 aliphatic carbocycles. The van der Waals surface area contributed by atoms with Gasteiger partial charge >= 0.3 is 0 Å². The van der Waals surface area contributed by atoms with Crippen molar-refractivity contribution in [2.45, 2.75) is 6.54 Å². The first-order valence-corrected chi connectivity index (χ1v) is 4.33. The van der Waals surface area contributed by atoms with E-state index in [-0.39, 0.29) is 5.96 Å². The molecule has 0 atom stereocenters. The molecule has 0 heterocycles. The summed E-state index contributed by atoms with van der Waals surface area (Å²) in [5.74, 6) is 0.0900. The van der Waals surface area contributed by atoms with Gasteiger partial charge < -0.3 is 5.73 Å². The van der Waals surface area contributed by atoms with E-state index in [1.54, 1.807) is 0 Å². The van der Waals surface area contributed by atoms with E-state index in [1.165, 1.54) is 0 Å². The monoisotopic (exact) mass is 217 g/mol. The quantitative estimate of drug-likeness (QED) is 0.469. The summed E-state index contributed by atoms with van der Waals surface area (Å²) in [5.41, 5.74) is 6.43. The SMILES string of the molecule is NC(=NCc1ccccc1)N(Cl)Cl. The summed E-state index contributed by atoms with van der Waals surface area (Å²) >= 11 is 10.7. The van der Waals surface area contributed by atoms with Crippen LogP contribution >= 0.6 is 23.6 Å². The summed E-state index contributed by atoms with van der Waals surface area (Å²) in [6, 6.07) is 9.69. The van der Waals surface area contributed by atoms with Gasteiger partial charge in [0.15, 0.2) is 0 Å². The molecule has 0 radical (unpaired) electrons. The summed E-state index contributed by atoms with van der Waals surface area (Å²) < 4.78 is 0.739. The summed E-state index contributed by atoms with van der Waals surface area (Å²) in [7, 11) is 0. The number of benzene rings is 1. The Morgan fingerprint density at radius 3 is 2.46 bits per heavy atom. The highest BCUT2D eigenvalue weighted by Crippen LogP contribution is 2.02. The molecule has 1 rings (SSSR count). The maximum atomic E-state index is 5.38. The van der Waals surface area contributed by atoms with Gasteiger partial charge in [-0.1, -0.05) is 30.3 Å². The fourth-order valence-corrected chi connectivity index (χ4v) is 0.916. The normalized spacial score (nSPS) is 11.4. The summed E-state index contributed by atoms with van der Waals surface area (Å²) in [4.78, 5) is 3.95. The number of nitrogens with zero attached hydrogens (tertiary/aromatic N) is 2. The van der Waals surface area contributed by atoms with Crippen molar-refractivity contribution >= 4 is 29.5 Å². The molecule has 1 aromatic carbocycles. The number of halogens is 2. The van der Waals surface area contributed by atoms with Crippen molar-refractivity contribution in [1.29, 1.82) is 0 Å². The van der Waals surface area contributed by atoms with Gasteiger partial charge in [0.05, 0.1) is 6.54 Å². The van der Waals surface area contributed by atoms with Crippen LogP contribution in [0.3, 0.4) is 0 Å². The average molecular weight is 218 g/mol. The summed E-state index contributed by atoms with van der Waals surface area (Å²) in [6.45, 7) is 0.475. The van der Waals surface area contributed by atoms with Crippen molar-refractivity contribution in [2.24, 2.45) is 10.7 Å². The molecule has 0 aliphatic heterocycles. The Morgan fingerprint density at radius 2 is 1.92 bits per heavy atom. The minimum atomic E-state index is 0.0900. The maximum absolute atomic E-state index is 5.38. The van der Waals surface area contributed by atoms with Crippen LogP contribution in [-0.4, -0.2) is 9.90 Å². The largest absolute Gasteiger partial charge is 0.368 e. The van der Waals surface area contributed by atoms with Gasteiger partial charge in [-0.15, -0.1) is 0 Å². The van der Waals surface area contributed by atoms with Gasteiger partial charge in [-0.2, -0.15) is 3.94 Å². The van der Waals surface area contributed by atoms with Crippen LogP contribution in [0.1, 0.15) is 5.56 Å². The average Bonchev–Trinajstić information content (AvgIpc) is 2.15. The highest BCUT2D eigenvalue weighted by Gasteiger charge is 1.98. The third kappa shape index (κ3) is 3.53. The number of rotatable bonds is 2. The molecule has 0 spiro atoms. The zero-order chi connectivity index (χ0) is 9.68. The Bertz CT molecular complexity index is 285. The third-order valence-corrected chi connectivity index (χ3v) is 1.79. The smallest absolute Gasteiger partial charge is 0.222 e. The van der Waals surface area contributed by atoms with Crippen LogP contribution in [0.4, 0.5) is 0 Å². The summed E-state index contributed by atoms with van der Waals surface area (Å²) in [5, 5.41) is 0. The lowest BCUT2D eigenvalue weighted by atomic mass is 10.2. The van der Waals surface area contributed by atoms with Gasteiger partial charge in [0, 0.05) is 23.6 Å². The summed E-state index contributed by atoms with van der Waals surface area (Å²) in [6.07, 6.45) is 0. The van der Waals surface area contributed by atoms with Gasteiger partial charge in [0.2, 0.25) is 5.96 Å². The van der Waals surface area contributed by atoms with Crippen molar-refractivity contribution in [3.63, 3.8) is 0 Å². The van der Waals surface area contributed by atoms with E-state index < -0.39 is 0 Å². The Morgan fingerprint density at radius 1 is 1.31 bits per heavy atom. The fourth-order valence-electron chi connectivity index (χ4n) is 0.809. The second-order valence-corrected chi connectivity index (χ2v) is 3.24. The van der Waals surface area contributed by atoms with Gasteiger partial charge in [-0.05, 0) is 5.56 Å². The standard InChI is InChI=1S/C8H9Cl2N3/c9-13(10)8(11)12-6-7-4-2-1-3-5-7/h1-5H,6H2,(H2,11,12). The zero-order valence-corrected chi connectivity index (χ0v) is 8.33. The molecular weight excluding hydrogens is 209 g/mol. The fraction of sp³-hybridized carbons (Fsp3) is 0.125. The Kier molecular flexibility index (Phi) is 3.86. The zero-order valence-electron chi connectivity index (χ0n) is 6.82. The molecule has 0 fully saturated rings. The van der Waals surface area contributed by atoms with E-state index in [0.717, 1.165) is 9.50 Å². The lowest BCUT2D eigenvalue weighted by Gasteiger charge is -2.03. The van der Waals surface area contributed by atoms with Crippen LogP contribution in [-0.2, 0) is 6.54 Å². The number of guanidine groups is 1. The lowest BCUT2D eigenvalue weighted by Crippen LogP contribution is -2.22. The van der Waals surface area contributed by atoms with E-state index in [9.17, 15) is 0 Å². The Hall–Kier alpha value is -0.930. The first kappa shape index (κ1) is 10.2. The molecule has 5 heteroatoms. The van der Waals surface area contributed by atoms with Crippen LogP contribution < -0.4 is 5.73 Å². The van der Waals surface area contributed by atoms with Gasteiger partial charge in [0.25, 0.3) is 0 Å². The molecule has 0 aromatic heterocycles. The second kappa shape index (κ2) is 4.94. The predicted molar refractivity (Wildman–Crippen MR) is 55.3 cm³/mol. The van der Waals surface area contributed by atoms with E-state index >= 15 is 0 Å². The van der Waals surface area contributed by atoms with Crippen molar-refractivity contribution in [2.75, 3.05) is 0 Å². The number of hydrogen-bond acceptors (Lipinski definition) is 1. The molecule has 1 aromatic rings. The van der Waals surface area contributed by atoms with Crippen LogP contribution in [0.15, 0.2) is 35.3 Å². The van der Waals surface area contributed by atoms with Crippen molar-refractivity contribution in [3.05, 3.63) is 35.9 Å². The minimum absolute atomic E-state index is 0.0900. The molecule has 0 saturated carbocycles. The molecule has 2 N–H and O–H groups in total. The van der Waals surface area contributed by atoms with Crippen molar-refractivity contribution < 1.29 is 0 Å². The molecule has 3 nitrogen and oxygen atoms in total. The van der Waals surface area contributed by atoms with Gasteiger partial charge in [0.1, 0.15) is 0 Å². The first-order valence-electron chi connectivity index (χ1n) is 3.65. The molecule has 0 amide bonds. The predicted octanol–water partition coefficient (Wildman–Crippen LogP) is 2.11. The third-order valence-electron chi connectivity index (χ3n) is 1.44. The maximum Gasteiger partial charge on any atom is 0.222 e. The molecule has 0 aliphatic rings. The lowest BCUT2D eigenvalue weighted by molar-refractivity contribution is 0.968. The molecule has 70 valence electrons. The number of hydrogen-bond donors (Lipinski definition) is 1. The van der Waals surface area contributed by atoms with Gasteiger partial charge in [-0.3, -0.25) is 0 Å². The Balaban J connectivity index is 2.57. The second-order valence-electron chi connectivity index (χ2n) is 2.39. The van der Waals surface area contributed by atoms with Crippen molar-refractivity contribution in [3.8, 4) is 0 Å². The van der Waals surface area contributed by atoms with Gasteiger partial charge in [-0.25, -0.2) is 4.99 Å². The molecular formula is C8H9Cl2N3. The van der Waals surface area contributed by atoms with E-state index in [1.807, 2.05) is 30.3 Å². The highest BCUT2D eigenvalue weighted by atomic mass is 35.5. The van der Waals surface area contributed by atoms with E-state index in [0.29, 0.717) is 6.54 Å². The molecule has 0 bridgehead atoms. The van der Waals surface area contributed by atoms with Crippen molar-refractivity contribution in [1.82, 2.24) is 3.94 Å². The molecule has 13 heavy (non-hydrogen) atoms. The minimum Gasteiger partial charge on any atom is -0.368 e. The van der Waals surface area contributed by atoms with E-state index in [2.05, 4.69) is 4.99 Å². The topological polar surface area (TPSA) is 41.6 Å². The first-order chi connectivity index (χ1) is 6.20. The highest BCUT2D eigenvalue weighted by molar-refractivity contribution is 6.41.